The predicted octanol–water partition coefficient (Wildman–Crippen LogP) is 5.83. The molecule has 0 N–H and O–H groups in total. The van der Waals surface area contributed by atoms with Crippen molar-refractivity contribution in [3.8, 4) is 11.5 Å². The van der Waals surface area contributed by atoms with Crippen LogP contribution in [0.4, 0.5) is 5.69 Å². The van der Waals surface area contributed by atoms with Crippen LogP contribution < -0.4 is 4.74 Å². The summed E-state index contributed by atoms with van der Waals surface area (Å²) in [6.45, 7) is 0. The molecule has 2 nitrogen and oxygen atoms in total. The van der Waals surface area contributed by atoms with Crippen LogP contribution in [0.5, 0.6) is 11.5 Å². The molecule has 0 amide bonds. The van der Waals surface area contributed by atoms with E-state index in [1.165, 1.54) is 3.57 Å². The highest BCUT2D eigenvalue weighted by Crippen LogP contribution is 2.21. The maximum absolute atomic E-state index is 5.77. The summed E-state index contributed by atoms with van der Waals surface area (Å²) in [5.74, 6) is 1.65. The van der Waals surface area contributed by atoms with E-state index < -0.39 is 0 Å². The number of nitrogens with zero attached hydrogens (tertiary/aromatic N) is 1. The standard InChI is InChI=1S/C19H14INO/c20-16-5-4-6-17(13-16)21-14-15-9-11-19(12-10-15)22-18-7-2-1-3-8-18/h1-14H. The van der Waals surface area contributed by atoms with Crippen molar-refractivity contribution < 1.29 is 4.74 Å². The van der Waals surface area contributed by atoms with E-state index in [0.29, 0.717) is 0 Å². The lowest BCUT2D eigenvalue weighted by Crippen LogP contribution is -1.85. The van der Waals surface area contributed by atoms with Crippen LogP contribution in [-0.4, -0.2) is 6.21 Å². The Morgan fingerprint density at radius 2 is 1.50 bits per heavy atom. The average molecular weight is 399 g/mol. The van der Waals surface area contributed by atoms with E-state index in [4.69, 9.17) is 4.74 Å². The third-order valence-electron chi connectivity index (χ3n) is 3.03. The molecule has 0 atom stereocenters. The Kier molecular flexibility index (Phi) is 4.85. The summed E-state index contributed by atoms with van der Waals surface area (Å²) in [6.07, 6.45) is 1.86. The molecule has 0 fully saturated rings. The lowest BCUT2D eigenvalue weighted by atomic mass is 10.2. The van der Waals surface area contributed by atoms with Crippen LogP contribution in [-0.2, 0) is 0 Å². The number of benzene rings is 3. The lowest BCUT2D eigenvalue weighted by Gasteiger charge is -2.05. The molecule has 22 heavy (non-hydrogen) atoms. The molecule has 0 aromatic heterocycles. The maximum atomic E-state index is 5.77. The zero-order valence-corrected chi connectivity index (χ0v) is 14.0. The minimum Gasteiger partial charge on any atom is -0.457 e. The van der Waals surface area contributed by atoms with Gasteiger partial charge in [-0.2, -0.15) is 0 Å². The van der Waals surface area contributed by atoms with Gasteiger partial charge < -0.3 is 4.74 Å². The van der Waals surface area contributed by atoms with Crippen LogP contribution in [0.3, 0.4) is 0 Å². The Morgan fingerprint density at radius 3 is 2.23 bits per heavy atom. The van der Waals surface area contributed by atoms with Crippen LogP contribution in [0, 0.1) is 3.57 Å². The first kappa shape index (κ1) is 14.8. The molecule has 0 radical (unpaired) electrons. The average Bonchev–Trinajstić information content (AvgIpc) is 2.55. The van der Waals surface area contributed by atoms with Gasteiger partial charge in [0, 0.05) is 9.78 Å². The summed E-state index contributed by atoms with van der Waals surface area (Å²) in [6, 6.07) is 25.7. The molecule has 0 aliphatic heterocycles. The molecule has 0 saturated carbocycles. The topological polar surface area (TPSA) is 21.6 Å². The summed E-state index contributed by atoms with van der Waals surface area (Å²) >= 11 is 2.28. The zero-order chi connectivity index (χ0) is 15.2. The molecule has 0 bridgehead atoms. The van der Waals surface area contributed by atoms with Gasteiger partial charge in [-0.3, -0.25) is 4.99 Å². The second-order valence-corrected chi connectivity index (χ2v) is 5.97. The fourth-order valence-corrected chi connectivity index (χ4v) is 2.48. The molecule has 0 heterocycles. The number of hydrogen-bond donors (Lipinski definition) is 0. The highest BCUT2D eigenvalue weighted by atomic mass is 127. The fourth-order valence-electron chi connectivity index (χ4n) is 1.95. The first-order chi connectivity index (χ1) is 10.8. The van der Waals surface area contributed by atoms with E-state index in [9.17, 15) is 0 Å². The summed E-state index contributed by atoms with van der Waals surface area (Å²) in [5.41, 5.74) is 2.00. The summed E-state index contributed by atoms with van der Waals surface area (Å²) in [5, 5.41) is 0. The third kappa shape index (κ3) is 4.18. The summed E-state index contributed by atoms with van der Waals surface area (Å²) in [4.78, 5) is 4.48. The lowest BCUT2D eigenvalue weighted by molar-refractivity contribution is 0.482. The van der Waals surface area contributed by atoms with Crippen LogP contribution in [0.15, 0.2) is 83.9 Å². The first-order valence-corrected chi connectivity index (χ1v) is 8.00. The number of aliphatic imine (C=N–C) groups is 1. The first-order valence-electron chi connectivity index (χ1n) is 6.92. The molecule has 3 aromatic carbocycles. The fraction of sp³-hybridized carbons (Fsp3) is 0. The minimum atomic E-state index is 0.817. The van der Waals surface area contributed by atoms with E-state index in [1.54, 1.807) is 0 Å². The normalized spacial score (nSPS) is 10.8. The number of rotatable bonds is 4. The monoisotopic (exact) mass is 399 g/mol. The Balaban J connectivity index is 1.69. The van der Waals surface area contributed by atoms with Crippen LogP contribution in [0.25, 0.3) is 0 Å². The van der Waals surface area contributed by atoms with Crippen molar-refractivity contribution in [2.75, 3.05) is 0 Å². The number of halogens is 1. The van der Waals surface area contributed by atoms with Gasteiger partial charge in [-0.05, 0) is 82.8 Å². The molecule has 3 heteroatoms. The highest BCUT2D eigenvalue weighted by Gasteiger charge is 1.96. The molecule has 0 aliphatic rings. The van der Waals surface area contributed by atoms with Gasteiger partial charge in [0.05, 0.1) is 5.69 Å². The van der Waals surface area contributed by atoms with Crippen molar-refractivity contribution in [2.45, 2.75) is 0 Å². The van der Waals surface area contributed by atoms with Crippen molar-refractivity contribution in [2.24, 2.45) is 4.99 Å². The van der Waals surface area contributed by atoms with Crippen molar-refractivity contribution in [1.82, 2.24) is 0 Å². The molecule has 3 rings (SSSR count). The van der Waals surface area contributed by atoms with Gasteiger partial charge >= 0.3 is 0 Å². The Labute approximate surface area is 143 Å². The molecule has 0 spiro atoms. The van der Waals surface area contributed by atoms with Gasteiger partial charge in [-0.15, -0.1) is 0 Å². The van der Waals surface area contributed by atoms with Crippen molar-refractivity contribution in [1.29, 1.82) is 0 Å². The van der Waals surface area contributed by atoms with E-state index in [1.807, 2.05) is 79.0 Å². The van der Waals surface area contributed by atoms with E-state index in [0.717, 1.165) is 22.7 Å². The molecule has 3 aromatic rings. The van der Waals surface area contributed by atoms with Crippen LogP contribution in [0.1, 0.15) is 5.56 Å². The number of ether oxygens (including phenoxy) is 1. The molecule has 0 unspecified atom stereocenters. The molecular formula is C19H14INO. The second-order valence-electron chi connectivity index (χ2n) is 4.72. The maximum Gasteiger partial charge on any atom is 0.127 e. The Hall–Kier alpha value is -2.14. The summed E-state index contributed by atoms with van der Waals surface area (Å²) in [7, 11) is 0. The summed E-state index contributed by atoms with van der Waals surface area (Å²) < 4.78 is 6.95. The van der Waals surface area contributed by atoms with Gasteiger partial charge in [0.2, 0.25) is 0 Å². The van der Waals surface area contributed by atoms with E-state index >= 15 is 0 Å². The third-order valence-corrected chi connectivity index (χ3v) is 3.70. The smallest absolute Gasteiger partial charge is 0.127 e. The highest BCUT2D eigenvalue weighted by molar-refractivity contribution is 14.1. The molecule has 0 aliphatic carbocycles. The zero-order valence-electron chi connectivity index (χ0n) is 11.8. The van der Waals surface area contributed by atoms with Crippen LogP contribution >= 0.6 is 22.6 Å². The molecule has 108 valence electrons. The van der Waals surface area contributed by atoms with Crippen molar-refractivity contribution in [3.05, 3.63) is 88.0 Å². The Morgan fingerprint density at radius 1 is 0.773 bits per heavy atom. The second kappa shape index (κ2) is 7.22. The Bertz CT molecular complexity index is 767. The van der Waals surface area contributed by atoms with E-state index in [-0.39, 0.29) is 0 Å². The molecule has 0 saturated heterocycles. The number of para-hydroxylation sites is 1. The quantitative estimate of drug-likeness (QED) is 0.399. The van der Waals surface area contributed by atoms with Crippen molar-refractivity contribution in [3.63, 3.8) is 0 Å². The molecular weight excluding hydrogens is 385 g/mol. The van der Waals surface area contributed by atoms with Gasteiger partial charge in [0.15, 0.2) is 0 Å². The number of hydrogen-bond acceptors (Lipinski definition) is 2. The van der Waals surface area contributed by atoms with E-state index in [2.05, 4.69) is 33.6 Å². The van der Waals surface area contributed by atoms with Gasteiger partial charge in [0.1, 0.15) is 11.5 Å². The predicted molar refractivity (Wildman–Crippen MR) is 99.4 cm³/mol. The van der Waals surface area contributed by atoms with Gasteiger partial charge in [0.25, 0.3) is 0 Å². The van der Waals surface area contributed by atoms with Gasteiger partial charge in [-0.25, -0.2) is 0 Å². The van der Waals surface area contributed by atoms with Crippen LogP contribution in [0.2, 0.25) is 0 Å². The largest absolute Gasteiger partial charge is 0.457 e. The minimum absolute atomic E-state index is 0.817. The van der Waals surface area contributed by atoms with Crippen molar-refractivity contribution >= 4 is 34.5 Å². The van der Waals surface area contributed by atoms with Gasteiger partial charge in [-0.1, -0.05) is 24.3 Å². The SMILES string of the molecule is Ic1cccc(N=Cc2ccc(Oc3ccccc3)cc2)c1.